The van der Waals surface area contributed by atoms with E-state index in [-0.39, 0.29) is 0 Å². The molecule has 1 N–H and O–H groups in total. The van der Waals surface area contributed by atoms with Gasteiger partial charge in [0.25, 0.3) is 0 Å². The van der Waals surface area contributed by atoms with Crippen molar-refractivity contribution in [3.05, 3.63) is 48.3 Å². The first-order valence-electron chi connectivity index (χ1n) is 12.6. The van der Waals surface area contributed by atoms with E-state index in [1.165, 1.54) is 5.56 Å². The van der Waals surface area contributed by atoms with Crippen LogP contribution in [0.2, 0.25) is 0 Å². The molecule has 1 aromatic carbocycles. The summed E-state index contributed by atoms with van der Waals surface area (Å²) in [4.78, 5) is 22.9. The van der Waals surface area contributed by atoms with Gasteiger partial charge in [0.15, 0.2) is 17.2 Å². The van der Waals surface area contributed by atoms with E-state index in [1.807, 2.05) is 18.5 Å². The van der Waals surface area contributed by atoms with Crippen LogP contribution in [0.1, 0.15) is 12.0 Å². The van der Waals surface area contributed by atoms with Crippen molar-refractivity contribution in [3.8, 4) is 11.4 Å². The van der Waals surface area contributed by atoms with E-state index in [0.29, 0.717) is 42.5 Å². The van der Waals surface area contributed by atoms with Gasteiger partial charge in [-0.15, -0.1) is 0 Å². The van der Waals surface area contributed by atoms with Gasteiger partial charge in [0.2, 0.25) is 5.71 Å². The molecular weight excluding hydrogens is 456 g/mol. The van der Waals surface area contributed by atoms with Crippen LogP contribution in [0.4, 0.5) is 5.82 Å². The van der Waals surface area contributed by atoms with E-state index in [0.717, 1.165) is 72.4 Å². The van der Waals surface area contributed by atoms with Gasteiger partial charge in [-0.05, 0) is 30.2 Å². The van der Waals surface area contributed by atoms with Crippen molar-refractivity contribution in [1.82, 2.24) is 24.8 Å². The molecule has 0 amide bonds. The quantitative estimate of drug-likeness (QED) is 0.414. The van der Waals surface area contributed by atoms with Crippen LogP contribution in [0.25, 0.3) is 44.5 Å². The smallest absolute Gasteiger partial charge is 0.229 e. The Labute approximate surface area is 207 Å². The number of morpholine rings is 2. The first kappa shape index (κ1) is 20.6. The zero-order valence-electron chi connectivity index (χ0n) is 19.8. The van der Waals surface area contributed by atoms with Gasteiger partial charge >= 0.3 is 0 Å². The third-order valence-corrected chi connectivity index (χ3v) is 7.76. The fourth-order valence-electron chi connectivity index (χ4n) is 5.94. The molecule has 0 aliphatic carbocycles. The summed E-state index contributed by atoms with van der Waals surface area (Å²) in [5.74, 6) is 1.50. The summed E-state index contributed by atoms with van der Waals surface area (Å²) >= 11 is 0. The maximum absolute atomic E-state index is 6.32. The summed E-state index contributed by atoms with van der Waals surface area (Å²) in [6.45, 7) is 5.53. The minimum absolute atomic E-state index is 0.379. The second-order valence-corrected chi connectivity index (χ2v) is 9.97. The van der Waals surface area contributed by atoms with Crippen molar-refractivity contribution in [1.29, 1.82) is 0 Å². The number of nitrogens with zero attached hydrogens (tertiary/aromatic N) is 5. The number of aromatic amines is 1. The van der Waals surface area contributed by atoms with E-state index in [2.05, 4.69) is 39.0 Å². The molecule has 182 valence electrons. The Morgan fingerprint density at radius 2 is 2.03 bits per heavy atom. The predicted octanol–water partition coefficient (Wildman–Crippen LogP) is 3.73. The number of hydrogen-bond donors (Lipinski definition) is 1. The van der Waals surface area contributed by atoms with Gasteiger partial charge < -0.3 is 23.8 Å². The summed E-state index contributed by atoms with van der Waals surface area (Å²) in [7, 11) is 0. The summed E-state index contributed by atoms with van der Waals surface area (Å²) in [6.07, 6.45) is 5.40. The highest BCUT2D eigenvalue weighted by Crippen LogP contribution is 2.37. The van der Waals surface area contributed by atoms with Crippen LogP contribution < -0.4 is 4.90 Å². The molecule has 3 aliphatic rings. The number of pyridine rings is 1. The number of anilines is 1. The molecule has 9 heteroatoms. The first-order valence-corrected chi connectivity index (χ1v) is 12.6. The maximum Gasteiger partial charge on any atom is 0.229 e. The lowest BCUT2D eigenvalue weighted by Crippen LogP contribution is -2.37. The maximum atomic E-state index is 6.32. The van der Waals surface area contributed by atoms with Gasteiger partial charge in [0.05, 0.1) is 31.3 Å². The largest absolute Gasteiger partial charge is 0.432 e. The Hall–Kier alpha value is -3.53. The third kappa shape index (κ3) is 3.23. The first-order chi connectivity index (χ1) is 17.8. The van der Waals surface area contributed by atoms with E-state index in [1.54, 1.807) is 0 Å². The number of H-pyrrole nitrogens is 1. The average molecular weight is 483 g/mol. The Bertz CT molecular complexity index is 1600. The molecule has 0 radical (unpaired) electrons. The second-order valence-electron chi connectivity index (χ2n) is 9.97. The van der Waals surface area contributed by atoms with Crippen molar-refractivity contribution in [2.45, 2.75) is 25.1 Å². The van der Waals surface area contributed by atoms with Crippen LogP contribution in [0.15, 0.2) is 47.1 Å². The van der Waals surface area contributed by atoms with Crippen LogP contribution in [-0.2, 0) is 16.0 Å². The molecular formula is C27H26N6O3. The predicted molar refractivity (Wildman–Crippen MR) is 136 cm³/mol. The Morgan fingerprint density at radius 3 is 2.89 bits per heavy atom. The average Bonchev–Trinajstić information content (AvgIpc) is 3.72. The number of furan rings is 1. The standard InChI is InChI=1S/C27H26N6O3/c1-2-20(19-4-5-28-22(19)3-1)25-30-23-21-10-16(13-33-14-18-11-17(33)15-35-18)12-29-27(21)36-24(23)26(31-25)32-6-8-34-9-7-32/h1-5,10,12,17-18,28H,6-9,11,13-15H2/t17-,18-/m0/s1. The highest BCUT2D eigenvalue weighted by Gasteiger charge is 2.38. The molecule has 8 rings (SSSR count). The van der Waals surface area contributed by atoms with Crippen LogP contribution in [-0.4, -0.2) is 76.4 Å². The van der Waals surface area contributed by atoms with Crippen LogP contribution in [0.5, 0.6) is 0 Å². The Balaban J connectivity index is 1.29. The lowest BCUT2D eigenvalue weighted by molar-refractivity contribution is 0.0273. The van der Waals surface area contributed by atoms with Crippen LogP contribution in [0, 0.1) is 0 Å². The fraction of sp³-hybridized carbons (Fsp3) is 0.370. The van der Waals surface area contributed by atoms with Crippen LogP contribution >= 0.6 is 0 Å². The van der Waals surface area contributed by atoms with Crippen molar-refractivity contribution in [2.75, 3.05) is 44.4 Å². The van der Waals surface area contributed by atoms with Crippen LogP contribution in [0.3, 0.4) is 0 Å². The zero-order valence-corrected chi connectivity index (χ0v) is 19.8. The Morgan fingerprint density at radius 1 is 1.08 bits per heavy atom. The number of benzene rings is 1. The summed E-state index contributed by atoms with van der Waals surface area (Å²) in [6, 6.07) is 11.0. The van der Waals surface area contributed by atoms with Crippen molar-refractivity contribution in [2.24, 2.45) is 0 Å². The highest BCUT2D eigenvalue weighted by molar-refractivity contribution is 6.06. The number of aromatic nitrogens is 4. The van der Waals surface area contributed by atoms with Crippen molar-refractivity contribution < 1.29 is 13.9 Å². The number of hydrogen-bond acceptors (Lipinski definition) is 8. The number of ether oxygens (including phenoxy) is 2. The molecule has 0 saturated carbocycles. The Kier molecular flexibility index (Phi) is 4.58. The molecule has 3 fully saturated rings. The van der Waals surface area contributed by atoms with Gasteiger partial charge in [-0.1, -0.05) is 12.1 Å². The number of nitrogens with one attached hydrogen (secondary N) is 1. The lowest BCUT2D eigenvalue weighted by Gasteiger charge is -2.27. The van der Waals surface area contributed by atoms with E-state index in [4.69, 9.17) is 28.8 Å². The zero-order chi connectivity index (χ0) is 23.6. The van der Waals surface area contributed by atoms with Crippen molar-refractivity contribution >= 4 is 38.9 Å². The molecule has 4 aromatic heterocycles. The molecule has 3 aliphatic heterocycles. The third-order valence-electron chi connectivity index (χ3n) is 7.76. The van der Waals surface area contributed by atoms with E-state index < -0.39 is 0 Å². The summed E-state index contributed by atoms with van der Waals surface area (Å²) in [5, 5.41) is 2.03. The number of rotatable bonds is 4. The van der Waals surface area contributed by atoms with Gasteiger partial charge in [0, 0.05) is 61.1 Å². The highest BCUT2D eigenvalue weighted by atomic mass is 16.5. The molecule has 2 atom stereocenters. The molecule has 0 spiro atoms. The minimum atomic E-state index is 0.379. The lowest BCUT2D eigenvalue weighted by atomic mass is 10.1. The number of fused-ring (bicyclic) bond motifs is 6. The van der Waals surface area contributed by atoms with Crippen molar-refractivity contribution in [3.63, 3.8) is 0 Å². The molecule has 7 heterocycles. The SMILES string of the molecule is c1cc(-c2nc(N3CCOCC3)c3oc4ncc(CN5C[C@@H]6C[C@H]5CO6)cc4c3n2)c2cc[nH]c2c1. The van der Waals surface area contributed by atoms with Gasteiger partial charge in [-0.3, -0.25) is 4.90 Å². The monoisotopic (exact) mass is 482 g/mol. The van der Waals surface area contributed by atoms with Gasteiger partial charge in [-0.25, -0.2) is 15.0 Å². The minimum Gasteiger partial charge on any atom is -0.432 e. The second kappa shape index (κ2) is 7.99. The molecule has 36 heavy (non-hydrogen) atoms. The topological polar surface area (TPSA) is 92.5 Å². The van der Waals surface area contributed by atoms with E-state index in [9.17, 15) is 0 Å². The van der Waals surface area contributed by atoms with Gasteiger partial charge in [0.1, 0.15) is 5.52 Å². The summed E-state index contributed by atoms with van der Waals surface area (Å²) in [5.41, 5.74) is 5.32. The summed E-state index contributed by atoms with van der Waals surface area (Å²) < 4.78 is 17.7. The molecule has 5 aromatic rings. The fourth-order valence-corrected chi connectivity index (χ4v) is 5.94. The normalized spacial score (nSPS) is 22.5. The molecule has 2 bridgehead atoms. The molecule has 0 unspecified atom stereocenters. The molecule has 3 saturated heterocycles. The molecule has 9 nitrogen and oxygen atoms in total. The van der Waals surface area contributed by atoms with E-state index >= 15 is 0 Å². The number of likely N-dealkylation sites (tertiary alicyclic amines) is 1. The van der Waals surface area contributed by atoms with Gasteiger partial charge in [-0.2, -0.15) is 0 Å².